The van der Waals surface area contributed by atoms with Crippen molar-refractivity contribution in [3.63, 3.8) is 0 Å². The Kier molecular flexibility index (Phi) is 4.02. The summed E-state index contributed by atoms with van der Waals surface area (Å²) >= 11 is 0. The number of ether oxygens (including phenoxy) is 1. The third-order valence-corrected chi connectivity index (χ3v) is 5.66. The number of amides is 1. The van der Waals surface area contributed by atoms with E-state index in [-0.39, 0.29) is 23.6 Å². The molecule has 4 rings (SSSR count). The van der Waals surface area contributed by atoms with E-state index in [0.717, 1.165) is 50.0 Å². The molecule has 1 saturated heterocycles. The zero-order chi connectivity index (χ0) is 15.7. The number of hydrogen-bond donors (Lipinski definition) is 2. The van der Waals surface area contributed by atoms with Crippen molar-refractivity contribution in [1.29, 1.82) is 0 Å². The zero-order valence-corrected chi connectivity index (χ0v) is 13.6. The molecule has 0 aromatic heterocycles. The monoisotopic (exact) mass is 314 g/mol. The molecule has 0 radical (unpaired) electrons. The Labute approximate surface area is 138 Å². The van der Waals surface area contributed by atoms with Gasteiger partial charge in [0, 0.05) is 12.0 Å². The highest BCUT2D eigenvalue weighted by atomic mass is 16.5. The van der Waals surface area contributed by atoms with Gasteiger partial charge in [0.25, 0.3) is 0 Å². The van der Waals surface area contributed by atoms with E-state index in [9.17, 15) is 4.79 Å². The van der Waals surface area contributed by atoms with Crippen LogP contribution in [0, 0.1) is 0 Å². The Hall–Kier alpha value is -1.55. The van der Waals surface area contributed by atoms with E-state index < -0.39 is 0 Å². The van der Waals surface area contributed by atoms with Crippen LogP contribution in [0.4, 0.5) is 0 Å². The van der Waals surface area contributed by atoms with Crippen molar-refractivity contribution >= 4 is 5.91 Å². The highest BCUT2D eigenvalue weighted by molar-refractivity contribution is 5.82. The van der Waals surface area contributed by atoms with Gasteiger partial charge in [-0.3, -0.25) is 4.79 Å². The Morgan fingerprint density at radius 1 is 1.17 bits per heavy atom. The zero-order valence-electron chi connectivity index (χ0n) is 13.6. The lowest BCUT2D eigenvalue weighted by Crippen LogP contribution is -2.50. The van der Waals surface area contributed by atoms with Crippen molar-refractivity contribution in [1.82, 2.24) is 10.6 Å². The molecule has 1 aromatic rings. The van der Waals surface area contributed by atoms with E-state index in [1.165, 1.54) is 19.3 Å². The molecule has 4 nitrogen and oxygen atoms in total. The molecular weight excluding hydrogens is 288 g/mol. The van der Waals surface area contributed by atoms with Crippen LogP contribution in [0.25, 0.3) is 0 Å². The van der Waals surface area contributed by atoms with Gasteiger partial charge in [0.1, 0.15) is 11.4 Å². The minimum atomic E-state index is -0.0632. The minimum absolute atomic E-state index is 0.0294. The van der Waals surface area contributed by atoms with Gasteiger partial charge in [-0.25, -0.2) is 0 Å². The summed E-state index contributed by atoms with van der Waals surface area (Å²) in [6, 6.07) is 8.25. The fraction of sp³-hybridized carbons (Fsp3) is 0.632. The Morgan fingerprint density at radius 3 is 2.78 bits per heavy atom. The van der Waals surface area contributed by atoms with Crippen LogP contribution in [0.15, 0.2) is 24.3 Å². The smallest absolute Gasteiger partial charge is 0.237 e. The van der Waals surface area contributed by atoms with E-state index >= 15 is 0 Å². The van der Waals surface area contributed by atoms with Gasteiger partial charge in [0.15, 0.2) is 0 Å². The molecule has 2 aliphatic heterocycles. The predicted octanol–water partition coefficient (Wildman–Crippen LogP) is 3.08. The number of benzene rings is 1. The third-order valence-electron chi connectivity index (χ3n) is 5.66. The van der Waals surface area contributed by atoms with Crippen LogP contribution in [0.5, 0.6) is 5.75 Å². The summed E-state index contributed by atoms with van der Waals surface area (Å²) in [5, 5.41) is 6.66. The summed E-state index contributed by atoms with van der Waals surface area (Å²) in [5.41, 5.74) is 1.07. The van der Waals surface area contributed by atoms with Crippen LogP contribution in [0.3, 0.4) is 0 Å². The first kappa shape index (κ1) is 15.0. The molecule has 0 bridgehead atoms. The van der Waals surface area contributed by atoms with Crippen molar-refractivity contribution < 1.29 is 9.53 Å². The molecule has 2 N–H and O–H groups in total. The average Bonchev–Trinajstić information content (AvgIpc) is 3.03. The van der Waals surface area contributed by atoms with Crippen LogP contribution in [0.2, 0.25) is 0 Å². The topological polar surface area (TPSA) is 50.4 Å². The Balaban J connectivity index is 1.55. The summed E-state index contributed by atoms with van der Waals surface area (Å²) < 4.78 is 6.37. The second-order valence-corrected chi connectivity index (χ2v) is 7.30. The number of carbonyl (C=O) groups is 1. The Morgan fingerprint density at radius 2 is 2.00 bits per heavy atom. The van der Waals surface area contributed by atoms with E-state index in [1.807, 2.05) is 18.2 Å². The van der Waals surface area contributed by atoms with Crippen molar-refractivity contribution in [3.8, 4) is 5.75 Å². The van der Waals surface area contributed by atoms with Crippen LogP contribution in [-0.2, 0) is 4.79 Å². The number of carbonyl (C=O) groups excluding carboxylic acids is 1. The van der Waals surface area contributed by atoms with E-state index in [1.54, 1.807) is 0 Å². The van der Waals surface area contributed by atoms with Gasteiger partial charge in [-0.15, -0.1) is 0 Å². The average molecular weight is 314 g/mol. The molecule has 4 heteroatoms. The number of rotatable bonds is 2. The molecule has 2 unspecified atom stereocenters. The number of para-hydroxylation sites is 1. The molecule has 23 heavy (non-hydrogen) atoms. The van der Waals surface area contributed by atoms with Crippen LogP contribution in [0.1, 0.15) is 63.0 Å². The molecule has 1 saturated carbocycles. The SMILES string of the molecule is O=C(NC1CC2(CCCC2)Oc2ccccc21)C1CCCCN1. The van der Waals surface area contributed by atoms with Crippen LogP contribution >= 0.6 is 0 Å². The maximum atomic E-state index is 12.7. The molecule has 124 valence electrons. The van der Waals surface area contributed by atoms with Gasteiger partial charge in [-0.05, 0) is 51.1 Å². The maximum absolute atomic E-state index is 12.7. The standard InChI is InChI=1S/C19H26N2O2/c22-18(15-8-3-6-12-20-15)21-16-13-19(10-4-5-11-19)23-17-9-2-1-7-14(16)17/h1-2,7,9,15-16,20H,3-6,8,10-13H2,(H,21,22). The molecule has 2 fully saturated rings. The van der Waals surface area contributed by atoms with E-state index in [0.29, 0.717) is 0 Å². The summed E-state index contributed by atoms with van der Waals surface area (Å²) in [7, 11) is 0. The number of hydrogen-bond acceptors (Lipinski definition) is 3. The summed E-state index contributed by atoms with van der Waals surface area (Å²) in [5.74, 6) is 1.11. The van der Waals surface area contributed by atoms with Crippen molar-refractivity contribution in [2.45, 2.75) is 69.1 Å². The first-order chi connectivity index (χ1) is 11.3. The van der Waals surface area contributed by atoms with Gasteiger partial charge in [0.05, 0.1) is 12.1 Å². The summed E-state index contributed by atoms with van der Waals surface area (Å²) in [6.07, 6.45) is 8.83. The van der Waals surface area contributed by atoms with E-state index in [2.05, 4.69) is 16.7 Å². The first-order valence-electron chi connectivity index (χ1n) is 9.08. The second-order valence-electron chi connectivity index (χ2n) is 7.30. The summed E-state index contributed by atoms with van der Waals surface area (Å²) in [4.78, 5) is 12.7. The molecule has 3 aliphatic rings. The first-order valence-corrected chi connectivity index (χ1v) is 9.08. The van der Waals surface area contributed by atoms with Crippen molar-refractivity contribution in [2.24, 2.45) is 0 Å². The van der Waals surface area contributed by atoms with Crippen LogP contribution in [-0.4, -0.2) is 24.1 Å². The fourth-order valence-corrected chi connectivity index (χ4v) is 4.42. The quantitative estimate of drug-likeness (QED) is 0.882. The highest BCUT2D eigenvalue weighted by Crippen LogP contribution is 2.47. The van der Waals surface area contributed by atoms with Crippen molar-refractivity contribution in [2.75, 3.05) is 6.54 Å². The highest BCUT2D eigenvalue weighted by Gasteiger charge is 2.43. The van der Waals surface area contributed by atoms with Gasteiger partial charge >= 0.3 is 0 Å². The lowest BCUT2D eigenvalue weighted by Gasteiger charge is -2.40. The maximum Gasteiger partial charge on any atom is 0.237 e. The summed E-state index contributed by atoms with van der Waals surface area (Å²) in [6.45, 7) is 0.951. The van der Waals surface area contributed by atoms with E-state index in [4.69, 9.17) is 4.74 Å². The number of piperidine rings is 1. The minimum Gasteiger partial charge on any atom is -0.487 e. The van der Waals surface area contributed by atoms with Gasteiger partial charge in [-0.1, -0.05) is 24.6 Å². The Bertz CT molecular complexity index is 574. The molecule has 1 amide bonds. The lowest BCUT2D eigenvalue weighted by atomic mass is 9.85. The van der Waals surface area contributed by atoms with Gasteiger partial charge in [0.2, 0.25) is 5.91 Å². The molecule has 2 heterocycles. The molecule has 2 atom stereocenters. The molecular formula is C19H26N2O2. The largest absolute Gasteiger partial charge is 0.487 e. The van der Waals surface area contributed by atoms with Gasteiger partial charge < -0.3 is 15.4 Å². The van der Waals surface area contributed by atoms with Gasteiger partial charge in [-0.2, -0.15) is 0 Å². The lowest BCUT2D eigenvalue weighted by molar-refractivity contribution is -0.125. The molecule has 1 aromatic carbocycles. The molecule has 1 spiro atoms. The number of fused-ring (bicyclic) bond motifs is 1. The third kappa shape index (κ3) is 2.97. The van der Waals surface area contributed by atoms with Crippen LogP contribution < -0.4 is 15.4 Å². The van der Waals surface area contributed by atoms with Crippen molar-refractivity contribution in [3.05, 3.63) is 29.8 Å². The predicted molar refractivity (Wildman–Crippen MR) is 89.4 cm³/mol. The second kappa shape index (κ2) is 6.16. The normalized spacial score (nSPS) is 28.9. The molecule has 1 aliphatic carbocycles. The number of nitrogens with one attached hydrogen (secondary N) is 2. The fourth-order valence-electron chi connectivity index (χ4n) is 4.42.